The Bertz CT molecular complexity index is 424. The Labute approximate surface area is 102 Å². The lowest BCUT2D eigenvalue weighted by Crippen LogP contribution is -2.44. The Hall–Kier alpha value is -1.51. The van der Waals surface area contributed by atoms with Gasteiger partial charge < -0.3 is 4.90 Å². The third-order valence-electron chi connectivity index (χ3n) is 3.72. The smallest absolute Gasteiger partial charge is 0.324 e. The van der Waals surface area contributed by atoms with Crippen molar-refractivity contribution >= 4 is 11.7 Å². The number of carbonyl (C=O) groups excluding carboxylic acids is 1. The molecule has 2 heterocycles. The number of urea groups is 1. The van der Waals surface area contributed by atoms with Crippen LogP contribution in [0.1, 0.15) is 24.8 Å². The number of anilines is 1. The summed E-state index contributed by atoms with van der Waals surface area (Å²) in [4.78, 5) is 16.4. The van der Waals surface area contributed by atoms with Gasteiger partial charge in [0.2, 0.25) is 0 Å². The Morgan fingerprint density at radius 3 is 2.59 bits per heavy atom. The number of hydrogen-bond acceptors (Lipinski definition) is 1. The molecule has 1 saturated heterocycles. The predicted octanol–water partition coefficient (Wildman–Crippen LogP) is 2.66. The molecule has 17 heavy (non-hydrogen) atoms. The van der Waals surface area contributed by atoms with E-state index in [9.17, 15) is 4.79 Å². The summed E-state index contributed by atoms with van der Waals surface area (Å²) < 4.78 is 0. The number of para-hydroxylation sites is 1. The first kappa shape index (κ1) is 10.6. The molecule has 1 fully saturated rings. The fourth-order valence-electron chi connectivity index (χ4n) is 2.81. The van der Waals surface area contributed by atoms with Gasteiger partial charge in [-0.05, 0) is 37.3 Å². The highest BCUT2D eigenvalue weighted by Crippen LogP contribution is 2.28. The van der Waals surface area contributed by atoms with Crippen molar-refractivity contribution in [1.82, 2.24) is 4.90 Å². The van der Waals surface area contributed by atoms with Crippen LogP contribution >= 0.6 is 0 Å². The number of rotatable bonds is 0. The van der Waals surface area contributed by atoms with Gasteiger partial charge in [-0.15, -0.1) is 0 Å². The molecule has 90 valence electrons. The number of carbonyl (C=O) groups is 1. The maximum atomic E-state index is 12.4. The van der Waals surface area contributed by atoms with Gasteiger partial charge in [0.15, 0.2) is 0 Å². The van der Waals surface area contributed by atoms with Gasteiger partial charge in [-0.1, -0.05) is 18.2 Å². The van der Waals surface area contributed by atoms with Crippen LogP contribution in [0.3, 0.4) is 0 Å². The minimum atomic E-state index is 0.203. The van der Waals surface area contributed by atoms with Gasteiger partial charge in [0.05, 0.1) is 0 Å². The molecule has 0 radical (unpaired) electrons. The van der Waals surface area contributed by atoms with E-state index in [0.29, 0.717) is 0 Å². The quantitative estimate of drug-likeness (QED) is 0.672. The number of benzene rings is 1. The van der Waals surface area contributed by atoms with Gasteiger partial charge >= 0.3 is 6.03 Å². The summed E-state index contributed by atoms with van der Waals surface area (Å²) in [6, 6.07) is 8.49. The summed E-state index contributed by atoms with van der Waals surface area (Å²) in [6.45, 7) is 2.72. The molecule has 0 unspecified atom stereocenters. The molecule has 0 saturated carbocycles. The van der Waals surface area contributed by atoms with Gasteiger partial charge in [-0.25, -0.2) is 4.79 Å². The summed E-state index contributed by atoms with van der Waals surface area (Å²) in [5, 5.41) is 0. The van der Waals surface area contributed by atoms with E-state index in [4.69, 9.17) is 0 Å². The molecule has 1 aromatic rings. The molecule has 0 aromatic heterocycles. The minimum absolute atomic E-state index is 0.203. The summed E-state index contributed by atoms with van der Waals surface area (Å²) in [5.74, 6) is 0. The van der Waals surface area contributed by atoms with Crippen molar-refractivity contribution in [1.29, 1.82) is 0 Å². The first-order valence-corrected chi connectivity index (χ1v) is 6.50. The normalized spacial score (nSPS) is 19.3. The fourth-order valence-corrected chi connectivity index (χ4v) is 2.81. The standard InChI is InChI=1S/C14H18N2O/c17-14(15-9-3-4-10-15)16-11-5-7-12-6-1-2-8-13(12)16/h1-2,6,8H,3-5,7,9-11H2. The van der Waals surface area contributed by atoms with Crippen LogP contribution in [0.2, 0.25) is 0 Å². The fraction of sp³-hybridized carbons (Fsp3) is 0.500. The molecule has 0 aliphatic carbocycles. The SMILES string of the molecule is O=C(N1CCCC1)N1CCCc2ccccc21. The maximum Gasteiger partial charge on any atom is 0.324 e. The average molecular weight is 230 g/mol. The van der Waals surface area contributed by atoms with E-state index in [0.717, 1.165) is 51.0 Å². The molecule has 3 heteroatoms. The van der Waals surface area contributed by atoms with Crippen molar-refractivity contribution in [3.05, 3.63) is 29.8 Å². The molecule has 3 rings (SSSR count). The number of nitrogens with zero attached hydrogens (tertiary/aromatic N) is 2. The number of aryl methyl sites for hydroxylation is 1. The van der Waals surface area contributed by atoms with Gasteiger partial charge in [0.25, 0.3) is 0 Å². The Balaban J connectivity index is 1.86. The zero-order valence-corrected chi connectivity index (χ0v) is 10.1. The summed E-state index contributed by atoms with van der Waals surface area (Å²) >= 11 is 0. The monoisotopic (exact) mass is 230 g/mol. The van der Waals surface area contributed by atoms with Crippen LogP contribution in [0.5, 0.6) is 0 Å². The second-order valence-corrected chi connectivity index (χ2v) is 4.86. The maximum absolute atomic E-state index is 12.4. The number of hydrogen-bond donors (Lipinski definition) is 0. The Morgan fingerprint density at radius 2 is 1.76 bits per heavy atom. The Kier molecular flexibility index (Phi) is 2.75. The second kappa shape index (κ2) is 4.40. The van der Waals surface area contributed by atoms with E-state index in [1.54, 1.807) is 0 Å². The second-order valence-electron chi connectivity index (χ2n) is 4.86. The minimum Gasteiger partial charge on any atom is -0.324 e. The van der Waals surface area contributed by atoms with Crippen LogP contribution in [0.15, 0.2) is 24.3 Å². The van der Waals surface area contributed by atoms with Gasteiger partial charge in [0, 0.05) is 25.3 Å². The average Bonchev–Trinajstić information content (AvgIpc) is 2.91. The van der Waals surface area contributed by atoms with E-state index in [1.807, 2.05) is 15.9 Å². The van der Waals surface area contributed by atoms with E-state index in [-0.39, 0.29) is 6.03 Å². The number of likely N-dealkylation sites (tertiary alicyclic amines) is 1. The van der Waals surface area contributed by atoms with Crippen LogP contribution in [0.25, 0.3) is 0 Å². The lowest BCUT2D eigenvalue weighted by Gasteiger charge is -2.32. The highest BCUT2D eigenvalue weighted by atomic mass is 16.2. The first-order chi connectivity index (χ1) is 8.36. The van der Waals surface area contributed by atoms with Gasteiger partial charge in [0.1, 0.15) is 0 Å². The molecule has 0 spiro atoms. The van der Waals surface area contributed by atoms with E-state index < -0.39 is 0 Å². The lowest BCUT2D eigenvalue weighted by molar-refractivity contribution is 0.215. The Morgan fingerprint density at radius 1 is 1.00 bits per heavy atom. The molecule has 0 bridgehead atoms. The molecule has 0 atom stereocenters. The predicted molar refractivity (Wildman–Crippen MR) is 68.3 cm³/mol. The van der Waals surface area contributed by atoms with Crippen LogP contribution in [0, 0.1) is 0 Å². The van der Waals surface area contributed by atoms with Crippen molar-refractivity contribution < 1.29 is 4.79 Å². The molecule has 2 aliphatic heterocycles. The van der Waals surface area contributed by atoms with E-state index in [1.165, 1.54) is 5.56 Å². The van der Waals surface area contributed by atoms with Gasteiger partial charge in [-0.2, -0.15) is 0 Å². The topological polar surface area (TPSA) is 23.6 Å². The van der Waals surface area contributed by atoms with Crippen LogP contribution in [-0.2, 0) is 6.42 Å². The van der Waals surface area contributed by atoms with Gasteiger partial charge in [-0.3, -0.25) is 4.90 Å². The van der Waals surface area contributed by atoms with Crippen LogP contribution in [-0.4, -0.2) is 30.6 Å². The molecule has 3 nitrogen and oxygen atoms in total. The molecular weight excluding hydrogens is 212 g/mol. The van der Waals surface area contributed by atoms with Crippen molar-refractivity contribution in [2.75, 3.05) is 24.5 Å². The molecule has 0 N–H and O–H groups in total. The summed E-state index contributed by atoms with van der Waals surface area (Å²) in [6.07, 6.45) is 4.49. The van der Waals surface area contributed by atoms with Crippen molar-refractivity contribution in [3.8, 4) is 0 Å². The van der Waals surface area contributed by atoms with E-state index >= 15 is 0 Å². The third-order valence-corrected chi connectivity index (χ3v) is 3.72. The largest absolute Gasteiger partial charge is 0.324 e. The van der Waals surface area contributed by atoms with Crippen molar-refractivity contribution in [2.24, 2.45) is 0 Å². The third kappa shape index (κ3) is 1.90. The van der Waals surface area contributed by atoms with Crippen LogP contribution in [0.4, 0.5) is 10.5 Å². The molecular formula is C14H18N2O. The van der Waals surface area contributed by atoms with Crippen molar-refractivity contribution in [3.63, 3.8) is 0 Å². The lowest BCUT2D eigenvalue weighted by atomic mass is 10.0. The summed E-state index contributed by atoms with van der Waals surface area (Å²) in [5.41, 5.74) is 2.43. The highest BCUT2D eigenvalue weighted by molar-refractivity contribution is 5.93. The first-order valence-electron chi connectivity index (χ1n) is 6.50. The molecule has 2 amide bonds. The van der Waals surface area contributed by atoms with Crippen LogP contribution < -0.4 is 4.90 Å². The highest BCUT2D eigenvalue weighted by Gasteiger charge is 2.27. The summed E-state index contributed by atoms with van der Waals surface area (Å²) in [7, 11) is 0. The zero-order chi connectivity index (χ0) is 11.7. The van der Waals surface area contributed by atoms with E-state index in [2.05, 4.69) is 18.2 Å². The molecule has 1 aromatic carbocycles. The zero-order valence-electron chi connectivity index (χ0n) is 10.1. The number of fused-ring (bicyclic) bond motifs is 1. The number of amides is 2. The van der Waals surface area contributed by atoms with Crippen molar-refractivity contribution in [2.45, 2.75) is 25.7 Å². The molecule has 2 aliphatic rings.